The summed E-state index contributed by atoms with van der Waals surface area (Å²) in [4.78, 5) is 34.0. The highest BCUT2D eigenvalue weighted by molar-refractivity contribution is 5.96. The molecule has 1 aromatic carbocycles. The van der Waals surface area contributed by atoms with Crippen molar-refractivity contribution in [2.45, 2.75) is 58.3 Å². The Morgan fingerprint density at radius 3 is 2.36 bits per heavy atom. The third-order valence-electron chi connectivity index (χ3n) is 3.90. The molecule has 138 valence electrons. The molecule has 1 amide bonds. The molecule has 1 aromatic rings. The van der Waals surface area contributed by atoms with E-state index in [1.165, 1.54) is 44.9 Å². The minimum absolute atomic E-state index is 0.0688. The van der Waals surface area contributed by atoms with Crippen molar-refractivity contribution in [3.8, 4) is 0 Å². The van der Waals surface area contributed by atoms with Gasteiger partial charge in [-0.25, -0.2) is 4.79 Å². The molecule has 0 spiro atoms. The Morgan fingerprint density at radius 1 is 1.12 bits per heavy atom. The number of nitro benzene ring substituents is 1. The summed E-state index contributed by atoms with van der Waals surface area (Å²) in [5.41, 5.74) is -0.166. The highest BCUT2D eigenvalue weighted by Gasteiger charge is 2.19. The fraction of sp³-hybridized carbons (Fsp3) is 0.556. The van der Waals surface area contributed by atoms with Crippen LogP contribution in [0, 0.1) is 10.1 Å². The first kappa shape index (κ1) is 20.6. The molecule has 0 atom stereocenters. The lowest BCUT2D eigenvalue weighted by Crippen LogP contribution is -2.13. The molecule has 0 aliphatic heterocycles. The minimum Gasteiger partial charge on any atom is -0.465 e. The monoisotopic (exact) mass is 350 g/mol. The summed E-state index contributed by atoms with van der Waals surface area (Å²) in [6.07, 6.45) is 8.00. The second-order valence-electron chi connectivity index (χ2n) is 5.90. The number of amides is 1. The van der Waals surface area contributed by atoms with E-state index in [-0.39, 0.29) is 22.8 Å². The number of nitrogens with zero attached hydrogens (tertiary/aromatic N) is 1. The molecule has 7 nitrogen and oxygen atoms in total. The summed E-state index contributed by atoms with van der Waals surface area (Å²) in [6.45, 7) is 2.17. The van der Waals surface area contributed by atoms with E-state index in [0.29, 0.717) is 6.42 Å². The van der Waals surface area contributed by atoms with E-state index < -0.39 is 10.9 Å². The lowest BCUT2D eigenvalue weighted by atomic mass is 10.1. The van der Waals surface area contributed by atoms with Crippen molar-refractivity contribution in [1.29, 1.82) is 0 Å². The van der Waals surface area contributed by atoms with Gasteiger partial charge in [-0.05, 0) is 18.6 Å². The van der Waals surface area contributed by atoms with Crippen LogP contribution in [0.4, 0.5) is 11.4 Å². The van der Waals surface area contributed by atoms with Crippen LogP contribution in [0.25, 0.3) is 0 Å². The number of rotatable bonds is 11. The molecule has 0 bridgehead atoms. The quantitative estimate of drug-likeness (QED) is 0.275. The predicted octanol–water partition coefficient (Wildman–Crippen LogP) is 4.46. The number of esters is 1. The van der Waals surface area contributed by atoms with Crippen LogP contribution in [0.3, 0.4) is 0 Å². The molecular formula is C18H26N2O5. The third-order valence-corrected chi connectivity index (χ3v) is 3.90. The molecule has 1 rings (SSSR count). The highest BCUT2D eigenvalue weighted by Crippen LogP contribution is 2.26. The van der Waals surface area contributed by atoms with Crippen molar-refractivity contribution in [1.82, 2.24) is 0 Å². The average molecular weight is 350 g/mol. The molecule has 0 saturated carbocycles. The normalized spacial score (nSPS) is 10.3. The molecule has 0 fully saturated rings. The van der Waals surface area contributed by atoms with E-state index >= 15 is 0 Å². The molecule has 7 heteroatoms. The zero-order valence-corrected chi connectivity index (χ0v) is 14.9. The Bertz CT molecular complexity index is 601. The van der Waals surface area contributed by atoms with Crippen LogP contribution >= 0.6 is 0 Å². The van der Waals surface area contributed by atoms with E-state index in [2.05, 4.69) is 17.0 Å². The van der Waals surface area contributed by atoms with Crippen LogP contribution in [-0.4, -0.2) is 23.9 Å². The molecule has 0 unspecified atom stereocenters. The van der Waals surface area contributed by atoms with Crippen molar-refractivity contribution in [3.05, 3.63) is 33.9 Å². The van der Waals surface area contributed by atoms with E-state index in [1.54, 1.807) is 0 Å². The number of methoxy groups -OCH3 is 1. The summed E-state index contributed by atoms with van der Waals surface area (Å²) in [5, 5.41) is 13.7. The van der Waals surface area contributed by atoms with Gasteiger partial charge < -0.3 is 10.1 Å². The van der Waals surface area contributed by atoms with Gasteiger partial charge in [-0.15, -0.1) is 0 Å². The van der Waals surface area contributed by atoms with Gasteiger partial charge in [-0.2, -0.15) is 0 Å². The van der Waals surface area contributed by atoms with E-state index in [4.69, 9.17) is 0 Å². The molecule has 0 aromatic heterocycles. The van der Waals surface area contributed by atoms with Gasteiger partial charge in [-0.1, -0.05) is 45.4 Å². The zero-order chi connectivity index (χ0) is 18.7. The van der Waals surface area contributed by atoms with Crippen LogP contribution < -0.4 is 5.32 Å². The number of nitrogens with one attached hydrogen (secondary N) is 1. The number of carbonyl (C=O) groups excluding carboxylic acids is 2. The van der Waals surface area contributed by atoms with Gasteiger partial charge >= 0.3 is 5.97 Å². The Morgan fingerprint density at radius 2 is 1.76 bits per heavy atom. The van der Waals surface area contributed by atoms with Gasteiger partial charge in [0.15, 0.2) is 0 Å². The highest BCUT2D eigenvalue weighted by atomic mass is 16.6. The van der Waals surface area contributed by atoms with Crippen molar-refractivity contribution in [3.63, 3.8) is 0 Å². The molecule has 0 aliphatic carbocycles. The van der Waals surface area contributed by atoms with E-state index in [1.807, 2.05) is 0 Å². The number of nitro groups is 1. The first-order chi connectivity index (χ1) is 12.0. The van der Waals surface area contributed by atoms with Crippen LogP contribution in [0.1, 0.15) is 68.6 Å². The number of ether oxygens (including phenoxy) is 1. The SMILES string of the molecule is CCCCCCCCCC(=O)Nc1ccc(C(=O)OC)cc1[N+](=O)[O-]. The van der Waals surface area contributed by atoms with Gasteiger partial charge in [0, 0.05) is 12.5 Å². The first-order valence-electron chi connectivity index (χ1n) is 8.66. The Labute approximate surface area is 147 Å². The summed E-state index contributed by atoms with van der Waals surface area (Å²) in [7, 11) is 1.20. The molecule has 0 radical (unpaired) electrons. The third kappa shape index (κ3) is 7.32. The van der Waals surface area contributed by atoms with Crippen LogP contribution in [0.15, 0.2) is 18.2 Å². The molecule has 25 heavy (non-hydrogen) atoms. The Balaban J connectivity index is 2.53. The average Bonchev–Trinajstić information content (AvgIpc) is 2.60. The standard InChI is InChI=1S/C18H26N2O5/c1-3-4-5-6-7-8-9-10-17(21)19-15-12-11-14(18(22)25-2)13-16(15)20(23)24/h11-13H,3-10H2,1-2H3,(H,19,21). The van der Waals surface area contributed by atoms with Gasteiger partial charge in [0.2, 0.25) is 5.91 Å². The number of hydrogen-bond donors (Lipinski definition) is 1. The van der Waals surface area contributed by atoms with Crippen LogP contribution in [0.5, 0.6) is 0 Å². The predicted molar refractivity (Wildman–Crippen MR) is 95.7 cm³/mol. The second kappa shape index (κ2) is 11.2. The fourth-order valence-electron chi connectivity index (χ4n) is 2.49. The number of carbonyl (C=O) groups is 2. The first-order valence-corrected chi connectivity index (χ1v) is 8.66. The van der Waals surface area contributed by atoms with Crippen molar-refractivity contribution in [2.75, 3.05) is 12.4 Å². The van der Waals surface area contributed by atoms with Crippen molar-refractivity contribution >= 4 is 23.3 Å². The number of unbranched alkanes of at least 4 members (excludes halogenated alkanes) is 6. The minimum atomic E-state index is -0.663. The summed E-state index contributed by atoms with van der Waals surface area (Å²) in [6, 6.07) is 3.85. The summed E-state index contributed by atoms with van der Waals surface area (Å²) >= 11 is 0. The van der Waals surface area contributed by atoms with E-state index in [9.17, 15) is 19.7 Å². The zero-order valence-electron chi connectivity index (χ0n) is 14.9. The van der Waals surface area contributed by atoms with Gasteiger partial charge in [0.1, 0.15) is 5.69 Å². The van der Waals surface area contributed by atoms with E-state index in [0.717, 1.165) is 25.3 Å². The fourth-order valence-corrected chi connectivity index (χ4v) is 2.49. The number of anilines is 1. The Kier molecular flexibility index (Phi) is 9.21. The lowest BCUT2D eigenvalue weighted by Gasteiger charge is -2.07. The lowest BCUT2D eigenvalue weighted by molar-refractivity contribution is -0.384. The maximum Gasteiger partial charge on any atom is 0.338 e. The number of hydrogen-bond acceptors (Lipinski definition) is 5. The molecular weight excluding hydrogens is 324 g/mol. The van der Waals surface area contributed by atoms with Crippen molar-refractivity contribution in [2.24, 2.45) is 0 Å². The summed E-state index contributed by atoms with van der Waals surface area (Å²) < 4.78 is 4.54. The summed E-state index contributed by atoms with van der Waals surface area (Å²) in [5.74, 6) is -0.925. The number of benzene rings is 1. The maximum absolute atomic E-state index is 12.0. The molecule has 0 heterocycles. The van der Waals surface area contributed by atoms with Gasteiger partial charge in [0.05, 0.1) is 17.6 Å². The topological polar surface area (TPSA) is 98.5 Å². The van der Waals surface area contributed by atoms with Gasteiger partial charge in [-0.3, -0.25) is 14.9 Å². The smallest absolute Gasteiger partial charge is 0.338 e. The van der Waals surface area contributed by atoms with Crippen LogP contribution in [0.2, 0.25) is 0 Å². The molecule has 1 N–H and O–H groups in total. The molecule has 0 saturated heterocycles. The second-order valence-corrected chi connectivity index (χ2v) is 5.90. The van der Waals surface area contributed by atoms with Crippen LogP contribution in [-0.2, 0) is 9.53 Å². The largest absolute Gasteiger partial charge is 0.465 e. The van der Waals surface area contributed by atoms with Crippen molar-refractivity contribution < 1.29 is 19.2 Å². The Hall–Kier alpha value is -2.44. The molecule has 0 aliphatic rings. The van der Waals surface area contributed by atoms with Gasteiger partial charge in [0.25, 0.3) is 5.69 Å². The maximum atomic E-state index is 12.0.